The second-order valence-electron chi connectivity index (χ2n) is 7.00. The predicted octanol–water partition coefficient (Wildman–Crippen LogP) is 5.41. The summed E-state index contributed by atoms with van der Waals surface area (Å²) < 4.78 is 55.1. The van der Waals surface area contributed by atoms with Gasteiger partial charge in [-0.2, -0.15) is 4.98 Å². The number of nitrogens with zero attached hydrogens (tertiary/aromatic N) is 3. The van der Waals surface area contributed by atoms with Crippen LogP contribution in [0.3, 0.4) is 0 Å². The number of ether oxygens (including phenoxy) is 1. The highest BCUT2D eigenvalue weighted by molar-refractivity contribution is 5.72. The van der Waals surface area contributed by atoms with E-state index in [1.807, 2.05) is 0 Å². The van der Waals surface area contributed by atoms with Crippen molar-refractivity contribution in [3.63, 3.8) is 0 Å². The number of benzene rings is 2. The summed E-state index contributed by atoms with van der Waals surface area (Å²) in [5.74, 6) is -0.869. The topological polar surface area (TPSA) is 102 Å². The molecule has 0 unspecified atom stereocenters. The number of halogens is 4. The van der Waals surface area contributed by atoms with Crippen molar-refractivity contribution in [2.45, 2.75) is 25.2 Å². The van der Waals surface area contributed by atoms with Gasteiger partial charge in [0.15, 0.2) is 0 Å². The summed E-state index contributed by atoms with van der Waals surface area (Å²) in [5.41, 5.74) is 0.0581. The zero-order valence-electron chi connectivity index (χ0n) is 16.2. The molecule has 2 N–H and O–H groups in total. The maximum atomic E-state index is 13.4. The lowest BCUT2D eigenvalue weighted by atomic mass is 10.1. The third-order valence-corrected chi connectivity index (χ3v) is 4.42. The van der Waals surface area contributed by atoms with Crippen LogP contribution in [0.5, 0.6) is 5.75 Å². The minimum atomic E-state index is -4.85. The molecule has 2 aromatic carbocycles. The monoisotopic (exact) mass is 449 g/mol. The molecule has 3 aromatic rings. The Kier molecular flexibility index (Phi) is 5.51. The Labute approximate surface area is 178 Å². The first-order chi connectivity index (χ1) is 15.2. The van der Waals surface area contributed by atoms with Gasteiger partial charge in [-0.3, -0.25) is 10.1 Å². The van der Waals surface area contributed by atoms with Crippen LogP contribution in [-0.2, 0) is 0 Å². The Morgan fingerprint density at radius 2 is 1.88 bits per heavy atom. The third kappa shape index (κ3) is 5.39. The Bertz CT molecular complexity index is 1170. The molecule has 8 nitrogen and oxygen atoms in total. The number of aromatic nitrogens is 2. The molecular weight excluding hydrogens is 434 g/mol. The Hall–Kier alpha value is -3.96. The van der Waals surface area contributed by atoms with Gasteiger partial charge in [0.25, 0.3) is 5.69 Å². The summed E-state index contributed by atoms with van der Waals surface area (Å²) in [4.78, 5) is 19.2. The summed E-state index contributed by atoms with van der Waals surface area (Å²) in [6.45, 7) is 0. The van der Waals surface area contributed by atoms with Crippen LogP contribution in [0.2, 0.25) is 0 Å². The van der Waals surface area contributed by atoms with Crippen LogP contribution < -0.4 is 15.4 Å². The number of nitrogens with one attached hydrogen (secondary N) is 2. The van der Waals surface area contributed by atoms with Crippen molar-refractivity contribution in [2.75, 3.05) is 10.6 Å². The van der Waals surface area contributed by atoms with Gasteiger partial charge in [-0.15, -0.1) is 13.2 Å². The molecule has 32 heavy (non-hydrogen) atoms. The van der Waals surface area contributed by atoms with E-state index in [9.17, 15) is 27.7 Å². The summed E-state index contributed by atoms with van der Waals surface area (Å²) in [6.07, 6.45) is -3.03. The molecule has 1 saturated carbocycles. The largest absolute Gasteiger partial charge is 0.573 e. The van der Waals surface area contributed by atoms with Crippen molar-refractivity contribution in [1.82, 2.24) is 9.97 Å². The van der Waals surface area contributed by atoms with Crippen molar-refractivity contribution in [3.8, 4) is 17.0 Å². The number of alkyl halides is 3. The van der Waals surface area contributed by atoms with Crippen LogP contribution in [0.25, 0.3) is 11.3 Å². The molecule has 0 atom stereocenters. The smallest absolute Gasteiger partial charge is 0.406 e. The summed E-state index contributed by atoms with van der Waals surface area (Å²) in [7, 11) is 0. The van der Waals surface area contributed by atoms with Gasteiger partial charge in [0.2, 0.25) is 5.95 Å². The summed E-state index contributed by atoms with van der Waals surface area (Å²) >= 11 is 0. The molecule has 0 saturated heterocycles. The number of nitro benzene ring substituents is 1. The molecule has 1 aromatic heterocycles. The predicted molar refractivity (Wildman–Crippen MR) is 107 cm³/mol. The average molecular weight is 449 g/mol. The molecule has 0 radical (unpaired) electrons. The van der Waals surface area contributed by atoms with Crippen LogP contribution in [0.15, 0.2) is 48.5 Å². The molecule has 12 heteroatoms. The fourth-order valence-corrected chi connectivity index (χ4v) is 2.89. The lowest BCUT2D eigenvalue weighted by Gasteiger charge is -2.13. The second-order valence-corrected chi connectivity index (χ2v) is 7.00. The maximum absolute atomic E-state index is 13.4. The average Bonchev–Trinajstić information content (AvgIpc) is 3.52. The zero-order chi connectivity index (χ0) is 22.9. The van der Waals surface area contributed by atoms with Crippen molar-refractivity contribution in [1.29, 1.82) is 0 Å². The standard InChI is InChI=1S/C20H15F4N5O3/c21-12-4-7-15(17(9-12)29(30)31)26-18-10-16(27-19(28-18)25-13-5-6-13)11-2-1-3-14(8-11)32-20(22,23)24/h1-4,7-10,13H,5-6H2,(H2,25,26,27,28). The van der Waals surface area contributed by atoms with Gasteiger partial charge >= 0.3 is 6.36 Å². The van der Waals surface area contributed by atoms with E-state index in [2.05, 4.69) is 25.3 Å². The second kappa shape index (κ2) is 8.29. The first kappa shape index (κ1) is 21.3. The van der Waals surface area contributed by atoms with E-state index in [-0.39, 0.29) is 29.2 Å². The first-order valence-electron chi connectivity index (χ1n) is 9.39. The van der Waals surface area contributed by atoms with Crippen LogP contribution in [0.1, 0.15) is 12.8 Å². The summed E-state index contributed by atoms with van der Waals surface area (Å²) in [5, 5.41) is 17.1. The molecule has 1 aliphatic rings. The molecular formula is C20H15F4N5O3. The zero-order valence-corrected chi connectivity index (χ0v) is 16.2. The molecule has 1 heterocycles. The van der Waals surface area contributed by atoms with Gasteiger partial charge in [-0.25, -0.2) is 9.37 Å². The number of hydrogen-bond acceptors (Lipinski definition) is 7. The summed E-state index contributed by atoms with van der Waals surface area (Å²) in [6, 6.07) is 9.84. The van der Waals surface area contributed by atoms with Gasteiger partial charge in [0, 0.05) is 17.7 Å². The van der Waals surface area contributed by atoms with Gasteiger partial charge in [0.05, 0.1) is 16.7 Å². The minimum absolute atomic E-state index is 0.00687. The lowest BCUT2D eigenvalue weighted by Crippen LogP contribution is -2.17. The normalized spacial score (nSPS) is 13.5. The maximum Gasteiger partial charge on any atom is 0.573 e. The third-order valence-electron chi connectivity index (χ3n) is 4.42. The van der Waals surface area contributed by atoms with E-state index in [0.717, 1.165) is 31.0 Å². The minimum Gasteiger partial charge on any atom is -0.406 e. The van der Waals surface area contributed by atoms with Crippen molar-refractivity contribution >= 4 is 23.1 Å². The van der Waals surface area contributed by atoms with Crippen LogP contribution >= 0.6 is 0 Å². The fraction of sp³-hybridized carbons (Fsp3) is 0.200. The molecule has 4 rings (SSSR count). The Morgan fingerprint density at radius 1 is 1.09 bits per heavy atom. The highest BCUT2D eigenvalue weighted by atomic mass is 19.4. The lowest BCUT2D eigenvalue weighted by molar-refractivity contribution is -0.384. The Balaban J connectivity index is 1.71. The molecule has 166 valence electrons. The number of hydrogen-bond donors (Lipinski definition) is 2. The van der Waals surface area contributed by atoms with Crippen molar-refractivity contribution in [2.24, 2.45) is 0 Å². The number of nitro groups is 1. The fourth-order valence-electron chi connectivity index (χ4n) is 2.89. The first-order valence-corrected chi connectivity index (χ1v) is 9.39. The molecule has 0 aliphatic heterocycles. The molecule has 0 spiro atoms. The molecule has 0 amide bonds. The van der Waals surface area contributed by atoms with E-state index < -0.39 is 28.5 Å². The van der Waals surface area contributed by atoms with E-state index in [1.54, 1.807) is 0 Å². The van der Waals surface area contributed by atoms with E-state index in [1.165, 1.54) is 30.3 Å². The highest BCUT2D eigenvalue weighted by Crippen LogP contribution is 2.32. The van der Waals surface area contributed by atoms with E-state index in [0.29, 0.717) is 5.56 Å². The molecule has 1 aliphatic carbocycles. The van der Waals surface area contributed by atoms with Crippen LogP contribution in [0, 0.1) is 15.9 Å². The van der Waals surface area contributed by atoms with Gasteiger partial charge in [0.1, 0.15) is 23.1 Å². The van der Waals surface area contributed by atoms with E-state index >= 15 is 0 Å². The van der Waals surface area contributed by atoms with E-state index in [4.69, 9.17) is 0 Å². The Morgan fingerprint density at radius 3 is 2.56 bits per heavy atom. The van der Waals surface area contributed by atoms with Gasteiger partial charge in [-0.05, 0) is 37.1 Å². The van der Waals surface area contributed by atoms with Gasteiger partial charge in [-0.1, -0.05) is 12.1 Å². The van der Waals surface area contributed by atoms with Crippen molar-refractivity contribution < 1.29 is 27.2 Å². The highest BCUT2D eigenvalue weighted by Gasteiger charge is 2.31. The van der Waals surface area contributed by atoms with Crippen LogP contribution in [-0.4, -0.2) is 27.3 Å². The molecule has 0 bridgehead atoms. The van der Waals surface area contributed by atoms with Crippen LogP contribution in [0.4, 0.5) is 40.7 Å². The molecule has 1 fully saturated rings. The number of anilines is 3. The SMILES string of the molecule is O=[N+]([O-])c1cc(F)ccc1Nc1cc(-c2cccc(OC(F)(F)F)c2)nc(NC2CC2)n1. The number of rotatable bonds is 7. The van der Waals surface area contributed by atoms with Gasteiger partial charge < -0.3 is 15.4 Å². The van der Waals surface area contributed by atoms with Crippen molar-refractivity contribution in [3.05, 3.63) is 64.5 Å². The quantitative estimate of drug-likeness (QED) is 0.283.